The number of rotatable bonds is 8. The predicted octanol–water partition coefficient (Wildman–Crippen LogP) is 4.06. The Morgan fingerprint density at radius 1 is 1.00 bits per heavy atom. The average molecular weight is 546 g/mol. The monoisotopic (exact) mass is 545 g/mol. The summed E-state index contributed by atoms with van der Waals surface area (Å²) in [7, 11) is 1.65. The molecule has 1 aromatic heterocycles. The number of carbonyl (C=O) groups is 1. The highest BCUT2D eigenvalue weighted by atomic mass is 19.1. The number of hydrogen-bond donors (Lipinski definition) is 1. The molecule has 2 aliphatic heterocycles. The van der Waals surface area contributed by atoms with Crippen LogP contribution in [0.15, 0.2) is 54.6 Å². The molecule has 0 unspecified atom stereocenters. The highest BCUT2D eigenvalue weighted by molar-refractivity contribution is 6.06. The number of para-hydroxylation sites is 1. The van der Waals surface area contributed by atoms with Gasteiger partial charge < -0.3 is 14.8 Å². The Morgan fingerprint density at radius 3 is 2.58 bits per heavy atom. The summed E-state index contributed by atoms with van der Waals surface area (Å²) in [5, 5.41) is 10.8. The van der Waals surface area contributed by atoms with Gasteiger partial charge in [-0.25, -0.2) is 4.39 Å². The number of benzene rings is 3. The molecular formula is C31H36FN5O3. The smallest absolute Gasteiger partial charge is 0.272 e. The maximum absolute atomic E-state index is 13.5. The van der Waals surface area contributed by atoms with E-state index in [0.29, 0.717) is 12.2 Å². The van der Waals surface area contributed by atoms with Gasteiger partial charge in [0.15, 0.2) is 5.69 Å². The molecule has 8 nitrogen and oxygen atoms in total. The van der Waals surface area contributed by atoms with E-state index in [4.69, 9.17) is 14.6 Å². The van der Waals surface area contributed by atoms with Crippen LogP contribution in [0.25, 0.3) is 21.7 Å². The van der Waals surface area contributed by atoms with Crippen molar-refractivity contribution in [3.8, 4) is 5.75 Å². The molecule has 40 heavy (non-hydrogen) atoms. The first-order valence-electron chi connectivity index (χ1n) is 14.1. The van der Waals surface area contributed by atoms with Gasteiger partial charge in [-0.05, 0) is 53.4 Å². The lowest BCUT2D eigenvalue weighted by atomic mass is 10.0. The highest BCUT2D eigenvalue weighted by Gasteiger charge is 2.25. The Hall–Kier alpha value is -3.53. The van der Waals surface area contributed by atoms with Crippen LogP contribution < -0.4 is 10.1 Å². The summed E-state index contributed by atoms with van der Waals surface area (Å²) >= 11 is 0. The molecule has 1 amide bonds. The summed E-state index contributed by atoms with van der Waals surface area (Å²) in [4.78, 5) is 18.2. The number of hydrogen-bond acceptors (Lipinski definition) is 6. The summed E-state index contributed by atoms with van der Waals surface area (Å²) in [5.41, 5.74) is 2.52. The van der Waals surface area contributed by atoms with Crippen molar-refractivity contribution in [1.82, 2.24) is 24.9 Å². The summed E-state index contributed by atoms with van der Waals surface area (Å²) in [6, 6.07) is 17.0. The van der Waals surface area contributed by atoms with Crippen LogP contribution in [0, 0.1) is 5.82 Å². The van der Waals surface area contributed by atoms with Gasteiger partial charge in [-0.2, -0.15) is 5.10 Å². The maximum atomic E-state index is 13.5. The van der Waals surface area contributed by atoms with Crippen molar-refractivity contribution >= 4 is 27.6 Å². The van der Waals surface area contributed by atoms with Crippen LogP contribution >= 0.6 is 0 Å². The number of ether oxygens (including phenoxy) is 2. The standard InChI is InChI=1S/C31H36FN5O3/c1-39-28-4-2-3-27-29(34-37(30(27)28)14-13-35-15-17-40-18-16-35)31(38)33-26-9-11-36(12-10-26)21-22-5-6-24-20-25(32)8-7-23(24)19-22/h2-8,19-20,26H,9-18,21H2,1H3,(H,33,38). The normalized spacial score (nSPS) is 17.4. The number of nitrogens with zero attached hydrogens (tertiary/aromatic N) is 4. The number of halogens is 1. The molecule has 0 radical (unpaired) electrons. The number of piperidine rings is 1. The van der Waals surface area contributed by atoms with Gasteiger partial charge in [-0.1, -0.05) is 30.3 Å². The van der Waals surface area contributed by atoms with Crippen LogP contribution in [0.5, 0.6) is 5.75 Å². The third-order valence-electron chi connectivity index (χ3n) is 8.10. The van der Waals surface area contributed by atoms with Gasteiger partial charge in [-0.15, -0.1) is 0 Å². The van der Waals surface area contributed by atoms with Crippen molar-refractivity contribution in [2.75, 3.05) is 53.0 Å². The molecule has 0 spiro atoms. The summed E-state index contributed by atoms with van der Waals surface area (Å²) < 4.78 is 26.5. The van der Waals surface area contributed by atoms with E-state index in [1.54, 1.807) is 13.2 Å². The minimum atomic E-state index is -0.212. The van der Waals surface area contributed by atoms with Crippen molar-refractivity contribution in [2.45, 2.75) is 32.0 Å². The average Bonchev–Trinajstić information content (AvgIpc) is 3.37. The second-order valence-corrected chi connectivity index (χ2v) is 10.7. The van der Waals surface area contributed by atoms with Gasteiger partial charge in [0.2, 0.25) is 0 Å². The summed E-state index contributed by atoms with van der Waals surface area (Å²) in [6.07, 6.45) is 1.76. The molecule has 2 saturated heterocycles. The Morgan fingerprint density at radius 2 is 1.77 bits per heavy atom. The highest BCUT2D eigenvalue weighted by Crippen LogP contribution is 2.28. The molecule has 1 N–H and O–H groups in total. The lowest BCUT2D eigenvalue weighted by molar-refractivity contribution is 0.0361. The number of nitrogens with one attached hydrogen (secondary N) is 1. The first-order valence-corrected chi connectivity index (χ1v) is 14.1. The zero-order valence-corrected chi connectivity index (χ0v) is 22.9. The number of methoxy groups -OCH3 is 1. The molecule has 2 aliphatic rings. The molecule has 210 valence electrons. The van der Waals surface area contributed by atoms with E-state index < -0.39 is 0 Å². The zero-order chi connectivity index (χ0) is 27.5. The fraction of sp³-hybridized carbons (Fsp3) is 0.419. The number of amides is 1. The van der Waals surface area contributed by atoms with Gasteiger partial charge in [0.1, 0.15) is 17.1 Å². The molecule has 4 aromatic rings. The second-order valence-electron chi connectivity index (χ2n) is 10.7. The van der Waals surface area contributed by atoms with E-state index in [-0.39, 0.29) is 17.8 Å². The topological polar surface area (TPSA) is 71.9 Å². The summed E-state index contributed by atoms with van der Waals surface area (Å²) in [6.45, 7) is 7.46. The zero-order valence-electron chi connectivity index (χ0n) is 22.9. The number of morpholine rings is 1. The van der Waals surface area contributed by atoms with E-state index in [0.717, 1.165) is 92.7 Å². The Bertz CT molecular complexity index is 1490. The molecular weight excluding hydrogens is 509 g/mol. The van der Waals surface area contributed by atoms with Gasteiger partial charge >= 0.3 is 0 Å². The molecule has 2 fully saturated rings. The number of carbonyl (C=O) groups excluding carboxylic acids is 1. The predicted molar refractivity (Wildman–Crippen MR) is 153 cm³/mol. The fourth-order valence-electron chi connectivity index (χ4n) is 5.87. The first-order chi connectivity index (χ1) is 19.6. The van der Waals surface area contributed by atoms with E-state index >= 15 is 0 Å². The van der Waals surface area contributed by atoms with Crippen LogP contribution in [0.2, 0.25) is 0 Å². The van der Waals surface area contributed by atoms with Crippen molar-refractivity contribution in [3.05, 3.63) is 71.7 Å². The van der Waals surface area contributed by atoms with Crippen LogP contribution in [0.4, 0.5) is 4.39 Å². The van der Waals surface area contributed by atoms with E-state index in [9.17, 15) is 9.18 Å². The van der Waals surface area contributed by atoms with Crippen molar-refractivity contribution in [1.29, 1.82) is 0 Å². The lowest BCUT2D eigenvalue weighted by Gasteiger charge is -2.32. The first kappa shape index (κ1) is 26.7. The Balaban J connectivity index is 1.09. The van der Waals surface area contributed by atoms with E-state index in [1.807, 2.05) is 35.0 Å². The van der Waals surface area contributed by atoms with Crippen molar-refractivity contribution in [3.63, 3.8) is 0 Å². The molecule has 0 aliphatic carbocycles. The van der Waals surface area contributed by atoms with Crippen LogP contribution in [0.3, 0.4) is 0 Å². The maximum Gasteiger partial charge on any atom is 0.272 e. The van der Waals surface area contributed by atoms with E-state index in [2.05, 4.69) is 27.2 Å². The molecule has 0 atom stereocenters. The van der Waals surface area contributed by atoms with Crippen molar-refractivity contribution in [2.24, 2.45) is 0 Å². The van der Waals surface area contributed by atoms with Crippen molar-refractivity contribution < 1.29 is 18.7 Å². The quantitative estimate of drug-likeness (QED) is 0.360. The SMILES string of the molecule is COc1cccc2c(C(=O)NC3CCN(Cc4ccc5cc(F)ccc5c4)CC3)nn(CCN3CCOCC3)c12. The number of likely N-dealkylation sites (tertiary alicyclic amines) is 1. The molecule has 0 saturated carbocycles. The van der Waals surface area contributed by atoms with Gasteiger partial charge in [0.25, 0.3) is 5.91 Å². The minimum Gasteiger partial charge on any atom is -0.494 e. The second kappa shape index (κ2) is 11.9. The van der Waals surface area contributed by atoms with Gasteiger partial charge in [0.05, 0.1) is 26.9 Å². The van der Waals surface area contributed by atoms with Gasteiger partial charge in [-0.3, -0.25) is 19.3 Å². The van der Waals surface area contributed by atoms with Crippen LogP contribution in [0.1, 0.15) is 28.9 Å². The Kier molecular flexibility index (Phi) is 7.95. The molecule has 3 aromatic carbocycles. The molecule has 0 bridgehead atoms. The third-order valence-corrected chi connectivity index (χ3v) is 8.10. The minimum absolute atomic E-state index is 0.0995. The molecule has 6 rings (SSSR count). The lowest BCUT2D eigenvalue weighted by Crippen LogP contribution is -2.44. The number of aromatic nitrogens is 2. The third kappa shape index (κ3) is 5.82. The largest absolute Gasteiger partial charge is 0.494 e. The molecule has 9 heteroatoms. The molecule has 3 heterocycles. The Labute approximate surface area is 233 Å². The van der Waals surface area contributed by atoms with Gasteiger partial charge in [0, 0.05) is 50.7 Å². The summed E-state index contributed by atoms with van der Waals surface area (Å²) in [5.74, 6) is 0.373. The van der Waals surface area contributed by atoms with E-state index in [1.165, 1.54) is 11.6 Å². The number of fused-ring (bicyclic) bond motifs is 2. The van der Waals surface area contributed by atoms with Crippen LogP contribution in [-0.4, -0.2) is 84.6 Å². The fourth-order valence-corrected chi connectivity index (χ4v) is 5.87. The van der Waals surface area contributed by atoms with Crippen LogP contribution in [-0.2, 0) is 17.8 Å².